The van der Waals surface area contributed by atoms with Crippen molar-refractivity contribution in [3.63, 3.8) is 0 Å². The van der Waals surface area contributed by atoms with Crippen molar-refractivity contribution in [2.45, 2.75) is 25.5 Å². The Morgan fingerprint density at radius 1 is 1.33 bits per heavy atom. The van der Waals surface area contributed by atoms with Gasteiger partial charge in [0.1, 0.15) is 0 Å². The SMILES string of the molecule is COC(CN)CC(=O)N(Cc1ccccc1)CC(F)F.Cl. The van der Waals surface area contributed by atoms with Gasteiger partial charge in [-0.15, -0.1) is 12.4 Å². The summed E-state index contributed by atoms with van der Waals surface area (Å²) in [6.45, 7) is -0.254. The van der Waals surface area contributed by atoms with Crippen molar-refractivity contribution < 1.29 is 18.3 Å². The molecule has 1 aromatic carbocycles. The first-order valence-electron chi connectivity index (χ1n) is 6.39. The van der Waals surface area contributed by atoms with E-state index in [9.17, 15) is 13.6 Å². The highest BCUT2D eigenvalue weighted by molar-refractivity contribution is 5.85. The van der Waals surface area contributed by atoms with Crippen LogP contribution in [0.3, 0.4) is 0 Å². The molecule has 0 radical (unpaired) electrons. The molecule has 0 aliphatic rings. The van der Waals surface area contributed by atoms with Gasteiger partial charge < -0.3 is 15.4 Å². The fourth-order valence-corrected chi connectivity index (χ4v) is 1.81. The second-order valence-corrected chi connectivity index (χ2v) is 4.45. The van der Waals surface area contributed by atoms with Crippen molar-refractivity contribution in [1.29, 1.82) is 0 Å². The third-order valence-electron chi connectivity index (χ3n) is 2.93. The Labute approximate surface area is 129 Å². The largest absolute Gasteiger partial charge is 0.380 e. The van der Waals surface area contributed by atoms with Crippen molar-refractivity contribution in [1.82, 2.24) is 4.90 Å². The summed E-state index contributed by atoms with van der Waals surface area (Å²) in [6.07, 6.45) is -3.01. The molecule has 7 heteroatoms. The van der Waals surface area contributed by atoms with Crippen LogP contribution in [0.15, 0.2) is 30.3 Å². The van der Waals surface area contributed by atoms with Gasteiger partial charge in [-0.05, 0) is 5.56 Å². The molecule has 0 saturated carbocycles. The fraction of sp³-hybridized carbons (Fsp3) is 0.500. The van der Waals surface area contributed by atoms with Gasteiger partial charge in [0.15, 0.2) is 0 Å². The van der Waals surface area contributed by atoms with Crippen LogP contribution in [0.1, 0.15) is 12.0 Å². The minimum absolute atomic E-state index is 0. The molecule has 120 valence electrons. The van der Waals surface area contributed by atoms with E-state index in [2.05, 4.69) is 0 Å². The van der Waals surface area contributed by atoms with E-state index >= 15 is 0 Å². The number of halogens is 3. The Bertz CT molecular complexity index is 403. The van der Waals surface area contributed by atoms with Crippen LogP contribution < -0.4 is 5.73 Å². The van der Waals surface area contributed by atoms with Crippen LogP contribution in [0.25, 0.3) is 0 Å². The number of rotatable bonds is 8. The molecule has 0 saturated heterocycles. The molecule has 0 bridgehead atoms. The van der Waals surface area contributed by atoms with Crippen LogP contribution in [0.2, 0.25) is 0 Å². The van der Waals surface area contributed by atoms with Crippen LogP contribution in [0, 0.1) is 0 Å². The van der Waals surface area contributed by atoms with Gasteiger partial charge in [0.25, 0.3) is 6.43 Å². The molecule has 1 rings (SSSR count). The van der Waals surface area contributed by atoms with Crippen molar-refractivity contribution in [3.05, 3.63) is 35.9 Å². The number of amides is 1. The number of carbonyl (C=O) groups excluding carboxylic acids is 1. The number of methoxy groups -OCH3 is 1. The average Bonchev–Trinajstić information content (AvgIpc) is 2.44. The molecule has 1 unspecified atom stereocenters. The lowest BCUT2D eigenvalue weighted by molar-refractivity contribution is -0.136. The minimum atomic E-state index is -2.57. The van der Waals surface area contributed by atoms with Gasteiger partial charge in [-0.25, -0.2) is 8.78 Å². The summed E-state index contributed by atoms with van der Waals surface area (Å²) >= 11 is 0. The molecule has 0 heterocycles. The number of benzene rings is 1. The molecule has 2 N–H and O–H groups in total. The van der Waals surface area contributed by atoms with Crippen LogP contribution in [0.5, 0.6) is 0 Å². The summed E-state index contributed by atoms with van der Waals surface area (Å²) in [5, 5.41) is 0. The molecule has 0 aliphatic carbocycles. The number of nitrogens with zero attached hydrogens (tertiary/aromatic N) is 1. The van der Waals surface area contributed by atoms with Crippen LogP contribution in [-0.4, -0.2) is 43.5 Å². The zero-order valence-electron chi connectivity index (χ0n) is 11.9. The van der Waals surface area contributed by atoms with Crippen molar-refractivity contribution in [3.8, 4) is 0 Å². The molecular weight excluding hydrogens is 302 g/mol. The first-order chi connectivity index (χ1) is 9.56. The van der Waals surface area contributed by atoms with Gasteiger partial charge in [-0.1, -0.05) is 30.3 Å². The summed E-state index contributed by atoms with van der Waals surface area (Å²) in [5.74, 6) is -0.383. The van der Waals surface area contributed by atoms with Gasteiger partial charge in [0, 0.05) is 20.2 Å². The number of alkyl halides is 2. The monoisotopic (exact) mass is 322 g/mol. The second-order valence-electron chi connectivity index (χ2n) is 4.45. The van der Waals surface area contributed by atoms with Crippen LogP contribution in [-0.2, 0) is 16.1 Å². The predicted molar refractivity (Wildman–Crippen MR) is 79.6 cm³/mol. The van der Waals surface area contributed by atoms with E-state index in [1.807, 2.05) is 6.07 Å². The second kappa shape index (κ2) is 10.5. The highest BCUT2D eigenvalue weighted by Gasteiger charge is 2.21. The fourth-order valence-electron chi connectivity index (χ4n) is 1.81. The normalized spacial score (nSPS) is 11.9. The summed E-state index contributed by atoms with van der Waals surface area (Å²) in [7, 11) is 1.44. The predicted octanol–water partition coefficient (Wildman–Crippen LogP) is 2.07. The maximum atomic E-state index is 12.6. The molecule has 21 heavy (non-hydrogen) atoms. The zero-order chi connectivity index (χ0) is 15.0. The standard InChI is InChI=1S/C14H20F2N2O2.ClH/c1-20-12(8-17)7-14(19)18(10-13(15)16)9-11-5-3-2-4-6-11;/h2-6,12-13H,7-10,17H2,1H3;1H. The van der Waals surface area contributed by atoms with Gasteiger partial charge in [-0.2, -0.15) is 0 Å². The molecule has 0 fully saturated rings. The molecule has 1 amide bonds. The van der Waals surface area contributed by atoms with E-state index in [0.717, 1.165) is 10.5 Å². The zero-order valence-corrected chi connectivity index (χ0v) is 12.7. The summed E-state index contributed by atoms with van der Waals surface area (Å²) in [4.78, 5) is 13.2. The Kier molecular flexibility index (Phi) is 9.86. The van der Waals surface area contributed by atoms with Crippen molar-refractivity contribution >= 4 is 18.3 Å². The minimum Gasteiger partial charge on any atom is -0.380 e. The third kappa shape index (κ3) is 7.36. The molecule has 1 atom stereocenters. The van der Waals surface area contributed by atoms with Crippen molar-refractivity contribution in [2.75, 3.05) is 20.2 Å². The smallest absolute Gasteiger partial charge is 0.255 e. The van der Waals surface area contributed by atoms with E-state index < -0.39 is 19.1 Å². The van der Waals surface area contributed by atoms with E-state index in [1.165, 1.54) is 7.11 Å². The summed E-state index contributed by atoms with van der Waals surface area (Å²) in [6, 6.07) is 9.03. The van der Waals surface area contributed by atoms with Crippen molar-refractivity contribution in [2.24, 2.45) is 5.73 Å². The number of nitrogens with two attached hydrogens (primary N) is 1. The highest BCUT2D eigenvalue weighted by atomic mass is 35.5. The van der Waals surface area contributed by atoms with Crippen LogP contribution in [0.4, 0.5) is 8.78 Å². The lowest BCUT2D eigenvalue weighted by Gasteiger charge is -2.24. The lowest BCUT2D eigenvalue weighted by atomic mass is 10.2. The molecule has 0 spiro atoms. The molecule has 0 aromatic heterocycles. The first kappa shape index (κ1) is 19.8. The number of hydrogen-bond donors (Lipinski definition) is 1. The molecular formula is C14H21ClF2N2O2. The van der Waals surface area contributed by atoms with E-state index in [-0.39, 0.29) is 37.8 Å². The lowest BCUT2D eigenvalue weighted by Crippen LogP contribution is -2.38. The van der Waals surface area contributed by atoms with Gasteiger partial charge >= 0.3 is 0 Å². The number of carbonyl (C=O) groups is 1. The topological polar surface area (TPSA) is 55.6 Å². The Morgan fingerprint density at radius 2 is 1.95 bits per heavy atom. The maximum absolute atomic E-state index is 12.6. The average molecular weight is 323 g/mol. The Hall–Kier alpha value is -1.24. The maximum Gasteiger partial charge on any atom is 0.255 e. The van der Waals surface area contributed by atoms with E-state index in [1.54, 1.807) is 24.3 Å². The third-order valence-corrected chi connectivity index (χ3v) is 2.93. The summed E-state index contributed by atoms with van der Waals surface area (Å²) < 4.78 is 30.2. The summed E-state index contributed by atoms with van der Waals surface area (Å²) in [5.41, 5.74) is 6.25. The molecule has 1 aromatic rings. The number of ether oxygens (including phenoxy) is 1. The van der Waals surface area contributed by atoms with Crippen LogP contribution >= 0.6 is 12.4 Å². The molecule has 0 aliphatic heterocycles. The Balaban J connectivity index is 0.00000400. The Morgan fingerprint density at radius 3 is 2.43 bits per heavy atom. The van der Waals surface area contributed by atoms with E-state index in [0.29, 0.717) is 0 Å². The quantitative estimate of drug-likeness (QED) is 0.797. The van der Waals surface area contributed by atoms with Gasteiger partial charge in [0.05, 0.1) is 19.1 Å². The first-order valence-corrected chi connectivity index (χ1v) is 6.39. The molecule has 4 nitrogen and oxygen atoms in total. The van der Waals surface area contributed by atoms with E-state index in [4.69, 9.17) is 10.5 Å². The van der Waals surface area contributed by atoms with Gasteiger partial charge in [-0.3, -0.25) is 4.79 Å². The van der Waals surface area contributed by atoms with Gasteiger partial charge in [0.2, 0.25) is 5.91 Å². The highest BCUT2D eigenvalue weighted by Crippen LogP contribution is 2.10. The number of hydrogen-bond acceptors (Lipinski definition) is 3.